The molecule has 0 aliphatic rings. The van der Waals surface area contributed by atoms with Crippen LogP contribution in [0.25, 0.3) is 0 Å². The van der Waals surface area contributed by atoms with Crippen molar-refractivity contribution in [2.45, 2.75) is 6.92 Å². The van der Waals surface area contributed by atoms with Crippen molar-refractivity contribution in [2.24, 2.45) is 0 Å². The summed E-state index contributed by atoms with van der Waals surface area (Å²) in [5, 5.41) is 7.46. The van der Waals surface area contributed by atoms with E-state index in [2.05, 4.69) is 16.0 Å². The predicted molar refractivity (Wildman–Crippen MR) is 52.9 cm³/mol. The molecule has 0 aliphatic carbocycles. The van der Waals surface area contributed by atoms with Crippen LogP contribution in [0.15, 0.2) is 30.3 Å². The summed E-state index contributed by atoms with van der Waals surface area (Å²) in [4.78, 5) is 1.90. The molecular formula is C9H11N2Se. The molecule has 0 saturated heterocycles. The van der Waals surface area contributed by atoms with Crippen LogP contribution in [0.5, 0.6) is 0 Å². The number of amidine groups is 1. The van der Waals surface area contributed by atoms with Crippen LogP contribution >= 0.6 is 0 Å². The average molecular weight is 226 g/mol. The van der Waals surface area contributed by atoms with Crippen LogP contribution in [0.4, 0.5) is 5.69 Å². The second-order valence-corrected chi connectivity index (χ2v) is 3.20. The Morgan fingerprint density at radius 3 is 2.42 bits per heavy atom. The fourth-order valence-electron chi connectivity index (χ4n) is 1.05. The Kier molecular flexibility index (Phi) is 3.32. The number of anilines is 1. The van der Waals surface area contributed by atoms with Gasteiger partial charge in [-0.1, -0.05) is 0 Å². The maximum atomic E-state index is 7.46. The second-order valence-electron chi connectivity index (χ2n) is 2.38. The molecule has 0 bridgehead atoms. The van der Waals surface area contributed by atoms with Crippen molar-refractivity contribution in [3.8, 4) is 0 Å². The topological polar surface area (TPSA) is 27.1 Å². The Balaban J connectivity index is 2.88. The molecule has 1 N–H and O–H groups in total. The van der Waals surface area contributed by atoms with Gasteiger partial charge in [0.05, 0.1) is 0 Å². The van der Waals surface area contributed by atoms with Gasteiger partial charge in [-0.15, -0.1) is 0 Å². The van der Waals surface area contributed by atoms with Gasteiger partial charge in [0, 0.05) is 0 Å². The van der Waals surface area contributed by atoms with Crippen molar-refractivity contribution < 1.29 is 0 Å². The van der Waals surface area contributed by atoms with Gasteiger partial charge in [-0.2, -0.15) is 0 Å². The van der Waals surface area contributed by atoms with Crippen LogP contribution in [0.3, 0.4) is 0 Å². The SMILES string of the molecule is CCN(C(=N)[Se])c1ccccc1. The van der Waals surface area contributed by atoms with Crippen LogP contribution in [-0.2, 0) is 0 Å². The van der Waals surface area contributed by atoms with Gasteiger partial charge in [-0.05, 0) is 0 Å². The predicted octanol–water partition coefficient (Wildman–Crippen LogP) is 1.62. The van der Waals surface area contributed by atoms with E-state index in [0.29, 0.717) is 4.73 Å². The Hall–Kier alpha value is -0.791. The summed E-state index contributed by atoms with van der Waals surface area (Å²) in [7, 11) is 0. The van der Waals surface area contributed by atoms with Crippen LogP contribution < -0.4 is 4.90 Å². The van der Waals surface area contributed by atoms with E-state index in [0.717, 1.165) is 12.2 Å². The van der Waals surface area contributed by atoms with Gasteiger partial charge < -0.3 is 0 Å². The Morgan fingerprint density at radius 2 is 2.00 bits per heavy atom. The third-order valence-electron chi connectivity index (χ3n) is 1.63. The molecule has 1 radical (unpaired) electrons. The molecule has 0 atom stereocenters. The number of hydrogen-bond acceptors (Lipinski definition) is 1. The van der Waals surface area contributed by atoms with E-state index in [4.69, 9.17) is 5.41 Å². The molecule has 0 aliphatic heterocycles. The number of para-hydroxylation sites is 1. The molecular weight excluding hydrogens is 215 g/mol. The second kappa shape index (κ2) is 4.29. The molecule has 1 aromatic rings. The van der Waals surface area contributed by atoms with E-state index in [1.807, 2.05) is 42.2 Å². The summed E-state index contributed by atoms with van der Waals surface area (Å²) >= 11 is 2.70. The number of nitrogens with zero attached hydrogens (tertiary/aromatic N) is 1. The summed E-state index contributed by atoms with van der Waals surface area (Å²) in [6.45, 7) is 2.84. The number of nitrogens with one attached hydrogen (secondary N) is 1. The van der Waals surface area contributed by atoms with Crippen molar-refractivity contribution in [2.75, 3.05) is 11.4 Å². The number of hydrogen-bond donors (Lipinski definition) is 1. The number of rotatable bonds is 2. The molecule has 0 heterocycles. The molecule has 2 nitrogen and oxygen atoms in total. The van der Waals surface area contributed by atoms with Crippen molar-refractivity contribution >= 4 is 26.4 Å². The molecule has 63 valence electrons. The summed E-state index contributed by atoms with van der Waals surface area (Å²) in [6, 6.07) is 9.91. The van der Waals surface area contributed by atoms with Gasteiger partial charge in [0.1, 0.15) is 0 Å². The van der Waals surface area contributed by atoms with Gasteiger partial charge in [0.25, 0.3) is 0 Å². The summed E-state index contributed by atoms with van der Waals surface area (Å²) in [5.74, 6) is 0. The maximum absolute atomic E-state index is 7.46. The zero-order chi connectivity index (χ0) is 8.97. The van der Waals surface area contributed by atoms with E-state index in [1.54, 1.807) is 0 Å². The van der Waals surface area contributed by atoms with Crippen LogP contribution in [0.2, 0.25) is 0 Å². The minimum absolute atomic E-state index is 0.462. The van der Waals surface area contributed by atoms with E-state index in [9.17, 15) is 0 Å². The quantitative estimate of drug-likeness (QED) is 0.463. The Morgan fingerprint density at radius 1 is 1.42 bits per heavy atom. The zero-order valence-electron chi connectivity index (χ0n) is 6.95. The van der Waals surface area contributed by atoms with E-state index in [-0.39, 0.29) is 0 Å². The van der Waals surface area contributed by atoms with E-state index < -0.39 is 0 Å². The van der Waals surface area contributed by atoms with Crippen molar-refractivity contribution in [3.05, 3.63) is 30.3 Å². The molecule has 0 unspecified atom stereocenters. The molecule has 0 saturated carbocycles. The molecule has 3 heteroatoms. The Labute approximate surface area is 80.9 Å². The fourth-order valence-corrected chi connectivity index (χ4v) is 1.54. The summed E-state index contributed by atoms with van der Waals surface area (Å²) in [5.41, 5.74) is 1.06. The third-order valence-corrected chi connectivity index (χ3v) is 2.09. The van der Waals surface area contributed by atoms with Crippen LogP contribution in [0, 0.1) is 5.41 Å². The summed E-state index contributed by atoms with van der Waals surface area (Å²) in [6.07, 6.45) is 0. The molecule has 0 aromatic heterocycles. The first-order valence-electron chi connectivity index (χ1n) is 3.84. The molecule has 0 fully saturated rings. The monoisotopic (exact) mass is 227 g/mol. The average Bonchev–Trinajstić information content (AvgIpc) is 2.07. The first kappa shape index (κ1) is 9.30. The molecule has 1 aromatic carbocycles. The first-order valence-corrected chi connectivity index (χ1v) is 4.69. The third kappa shape index (κ3) is 2.10. The van der Waals surface area contributed by atoms with Crippen molar-refractivity contribution in [1.82, 2.24) is 0 Å². The molecule has 1 rings (SSSR count). The van der Waals surface area contributed by atoms with Gasteiger partial charge in [0.2, 0.25) is 0 Å². The zero-order valence-corrected chi connectivity index (χ0v) is 8.66. The van der Waals surface area contributed by atoms with Gasteiger partial charge in [-0.25, -0.2) is 0 Å². The standard InChI is InChI=1S/C9H11N2Se/c1-2-11(9(10)12)8-6-4-3-5-7-8/h3-7,10H,2H2,1H3. The van der Waals surface area contributed by atoms with Gasteiger partial charge in [0.15, 0.2) is 0 Å². The van der Waals surface area contributed by atoms with Crippen molar-refractivity contribution in [1.29, 1.82) is 5.41 Å². The fraction of sp³-hybridized carbons (Fsp3) is 0.222. The van der Waals surface area contributed by atoms with Gasteiger partial charge >= 0.3 is 80.5 Å². The van der Waals surface area contributed by atoms with Crippen LogP contribution in [0.1, 0.15) is 6.92 Å². The molecule has 0 amide bonds. The van der Waals surface area contributed by atoms with E-state index >= 15 is 0 Å². The number of benzene rings is 1. The van der Waals surface area contributed by atoms with Crippen LogP contribution in [-0.4, -0.2) is 27.3 Å². The first-order chi connectivity index (χ1) is 5.75. The molecule has 0 spiro atoms. The Bertz CT molecular complexity index is 258. The molecule has 12 heavy (non-hydrogen) atoms. The minimum atomic E-state index is 0.462. The van der Waals surface area contributed by atoms with E-state index in [1.165, 1.54) is 0 Å². The normalized spacial score (nSPS) is 9.42. The summed E-state index contributed by atoms with van der Waals surface area (Å²) < 4.78 is 0.462. The van der Waals surface area contributed by atoms with Gasteiger partial charge in [-0.3, -0.25) is 0 Å². The van der Waals surface area contributed by atoms with Crippen molar-refractivity contribution in [3.63, 3.8) is 0 Å².